The number of ether oxygens (including phenoxy) is 1. The van der Waals surface area contributed by atoms with E-state index in [0.29, 0.717) is 19.5 Å². The third-order valence-electron chi connectivity index (χ3n) is 4.44. The SMILES string of the molecule is COC1CCCCN(CC(=O)NCc2cccnc2-n2ccnc2)C1=O. The summed E-state index contributed by atoms with van der Waals surface area (Å²) in [5.74, 6) is 0.409. The Labute approximate surface area is 152 Å². The number of methoxy groups -OCH3 is 1. The lowest BCUT2D eigenvalue weighted by molar-refractivity contribution is -0.144. The van der Waals surface area contributed by atoms with Crippen LogP contribution in [0.15, 0.2) is 37.1 Å². The van der Waals surface area contributed by atoms with E-state index in [9.17, 15) is 9.59 Å². The summed E-state index contributed by atoms with van der Waals surface area (Å²) in [6, 6.07) is 3.73. The van der Waals surface area contributed by atoms with Gasteiger partial charge in [-0.1, -0.05) is 6.07 Å². The van der Waals surface area contributed by atoms with E-state index in [0.717, 1.165) is 24.2 Å². The number of carbonyl (C=O) groups is 2. The Morgan fingerprint density at radius 1 is 1.38 bits per heavy atom. The van der Waals surface area contributed by atoms with Crippen LogP contribution in [0.3, 0.4) is 0 Å². The number of aromatic nitrogens is 3. The van der Waals surface area contributed by atoms with E-state index < -0.39 is 6.10 Å². The average molecular weight is 357 g/mol. The van der Waals surface area contributed by atoms with Gasteiger partial charge in [-0.2, -0.15) is 0 Å². The number of nitrogens with one attached hydrogen (secondary N) is 1. The molecule has 1 atom stereocenters. The van der Waals surface area contributed by atoms with Gasteiger partial charge in [0.15, 0.2) is 0 Å². The first kappa shape index (κ1) is 18.1. The third kappa shape index (κ3) is 4.26. The van der Waals surface area contributed by atoms with Crippen LogP contribution < -0.4 is 5.32 Å². The summed E-state index contributed by atoms with van der Waals surface area (Å²) in [6.45, 7) is 0.953. The minimum Gasteiger partial charge on any atom is -0.372 e. The monoisotopic (exact) mass is 357 g/mol. The summed E-state index contributed by atoms with van der Waals surface area (Å²) in [5, 5.41) is 2.88. The van der Waals surface area contributed by atoms with Crippen LogP contribution in [0.4, 0.5) is 0 Å². The second kappa shape index (κ2) is 8.57. The second-order valence-electron chi connectivity index (χ2n) is 6.21. The van der Waals surface area contributed by atoms with Crippen molar-refractivity contribution in [2.24, 2.45) is 0 Å². The molecule has 0 bridgehead atoms. The summed E-state index contributed by atoms with van der Waals surface area (Å²) in [6.07, 6.45) is 8.89. The lowest BCUT2D eigenvalue weighted by atomic mass is 10.2. The molecule has 2 amide bonds. The maximum atomic E-state index is 12.4. The van der Waals surface area contributed by atoms with Crippen LogP contribution in [0.5, 0.6) is 0 Å². The highest BCUT2D eigenvalue weighted by Gasteiger charge is 2.27. The number of imidazole rings is 1. The quantitative estimate of drug-likeness (QED) is 0.830. The van der Waals surface area contributed by atoms with Gasteiger partial charge in [-0.25, -0.2) is 9.97 Å². The summed E-state index contributed by atoms with van der Waals surface area (Å²) in [7, 11) is 1.53. The number of carbonyl (C=O) groups excluding carboxylic acids is 2. The first-order valence-electron chi connectivity index (χ1n) is 8.69. The van der Waals surface area contributed by atoms with Crippen molar-refractivity contribution in [1.29, 1.82) is 0 Å². The number of hydrogen-bond acceptors (Lipinski definition) is 5. The van der Waals surface area contributed by atoms with Crippen molar-refractivity contribution in [1.82, 2.24) is 24.8 Å². The Balaban J connectivity index is 1.60. The molecule has 0 saturated carbocycles. The molecule has 138 valence electrons. The van der Waals surface area contributed by atoms with E-state index in [4.69, 9.17) is 4.74 Å². The van der Waals surface area contributed by atoms with Crippen LogP contribution in [-0.2, 0) is 20.9 Å². The van der Waals surface area contributed by atoms with Gasteiger partial charge < -0.3 is 15.0 Å². The van der Waals surface area contributed by atoms with Crippen LogP contribution in [0.1, 0.15) is 24.8 Å². The zero-order valence-electron chi connectivity index (χ0n) is 14.8. The number of pyridine rings is 1. The van der Waals surface area contributed by atoms with Crippen molar-refractivity contribution < 1.29 is 14.3 Å². The highest BCUT2D eigenvalue weighted by molar-refractivity contribution is 5.87. The Morgan fingerprint density at radius 3 is 3.04 bits per heavy atom. The number of amides is 2. The van der Waals surface area contributed by atoms with Crippen molar-refractivity contribution in [2.75, 3.05) is 20.2 Å². The number of hydrogen-bond donors (Lipinski definition) is 1. The van der Waals surface area contributed by atoms with Gasteiger partial charge in [0.2, 0.25) is 5.91 Å². The Morgan fingerprint density at radius 2 is 2.27 bits per heavy atom. The van der Waals surface area contributed by atoms with E-state index in [2.05, 4.69) is 15.3 Å². The summed E-state index contributed by atoms with van der Waals surface area (Å²) in [5.41, 5.74) is 0.871. The predicted octanol–water partition coefficient (Wildman–Crippen LogP) is 0.911. The number of nitrogens with zero attached hydrogens (tertiary/aromatic N) is 4. The van der Waals surface area contributed by atoms with Gasteiger partial charge in [-0.3, -0.25) is 14.2 Å². The first-order valence-corrected chi connectivity index (χ1v) is 8.69. The summed E-state index contributed by atoms with van der Waals surface area (Å²) < 4.78 is 7.04. The lowest BCUT2D eigenvalue weighted by Gasteiger charge is -2.23. The van der Waals surface area contributed by atoms with Gasteiger partial charge in [-0.15, -0.1) is 0 Å². The minimum atomic E-state index is -0.448. The maximum Gasteiger partial charge on any atom is 0.252 e. The molecule has 1 aliphatic rings. The number of likely N-dealkylation sites (tertiary alicyclic amines) is 1. The highest BCUT2D eigenvalue weighted by Crippen LogP contribution is 2.14. The van der Waals surface area contributed by atoms with E-state index >= 15 is 0 Å². The molecule has 3 rings (SSSR count). The fraction of sp³-hybridized carbons (Fsp3) is 0.444. The van der Waals surface area contributed by atoms with Crippen LogP contribution in [0.25, 0.3) is 5.82 Å². The Bertz CT molecular complexity index is 747. The zero-order valence-corrected chi connectivity index (χ0v) is 14.8. The molecule has 1 saturated heterocycles. The van der Waals surface area contributed by atoms with Gasteiger partial charge in [0.25, 0.3) is 5.91 Å². The highest BCUT2D eigenvalue weighted by atomic mass is 16.5. The molecule has 8 heteroatoms. The molecule has 0 radical (unpaired) electrons. The van der Waals surface area contributed by atoms with Crippen molar-refractivity contribution in [3.05, 3.63) is 42.6 Å². The predicted molar refractivity (Wildman–Crippen MR) is 94.4 cm³/mol. The lowest BCUT2D eigenvalue weighted by Crippen LogP contribution is -2.44. The van der Waals surface area contributed by atoms with Crippen LogP contribution >= 0.6 is 0 Å². The fourth-order valence-corrected chi connectivity index (χ4v) is 3.05. The topological polar surface area (TPSA) is 89.3 Å². The van der Waals surface area contributed by atoms with E-state index in [1.165, 1.54) is 7.11 Å². The van der Waals surface area contributed by atoms with Gasteiger partial charge in [0.1, 0.15) is 18.2 Å². The summed E-state index contributed by atoms with van der Waals surface area (Å²) >= 11 is 0. The van der Waals surface area contributed by atoms with E-state index in [-0.39, 0.29) is 18.4 Å². The fourth-order valence-electron chi connectivity index (χ4n) is 3.05. The second-order valence-corrected chi connectivity index (χ2v) is 6.21. The Hall–Kier alpha value is -2.74. The molecule has 2 aromatic heterocycles. The molecule has 0 spiro atoms. The van der Waals surface area contributed by atoms with Crippen LogP contribution in [0, 0.1) is 0 Å². The molecule has 1 unspecified atom stereocenters. The molecule has 1 N–H and O–H groups in total. The molecule has 3 heterocycles. The first-order chi connectivity index (χ1) is 12.7. The Kier molecular flexibility index (Phi) is 5.96. The van der Waals surface area contributed by atoms with E-state index in [1.807, 2.05) is 12.1 Å². The number of rotatable bonds is 6. The largest absolute Gasteiger partial charge is 0.372 e. The van der Waals surface area contributed by atoms with E-state index in [1.54, 1.807) is 34.4 Å². The van der Waals surface area contributed by atoms with Gasteiger partial charge >= 0.3 is 0 Å². The van der Waals surface area contributed by atoms with Crippen molar-refractivity contribution in [3.8, 4) is 5.82 Å². The molecule has 1 fully saturated rings. The molecular weight excluding hydrogens is 334 g/mol. The molecule has 0 aromatic carbocycles. The maximum absolute atomic E-state index is 12.4. The zero-order chi connectivity index (χ0) is 18.4. The minimum absolute atomic E-state index is 0.0410. The van der Waals surface area contributed by atoms with Crippen molar-refractivity contribution >= 4 is 11.8 Å². The normalized spacial score (nSPS) is 17.8. The standard InChI is InChI=1S/C18H23N5O3/c1-26-15-6-2-3-9-22(18(15)25)12-16(24)21-11-14-5-4-7-20-17(14)23-10-8-19-13-23/h4-5,7-8,10,13,15H,2-3,6,9,11-12H2,1H3,(H,21,24). The summed E-state index contributed by atoms with van der Waals surface area (Å²) in [4.78, 5) is 34.7. The molecule has 0 aliphatic carbocycles. The molecule has 8 nitrogen and oxygen atoms in total. The van der Waals surface area contributed by atoms with Crippen molar-refractivity contribution in [3.63, 3.8) is 0 Å². The molecular formula is C18H23N5O3. The van der Waals surface area contributed by atoms with Gasteiger partial charge in [0, 0.05) is 44.4 Å². The molecule has 1 aliphatic heterocycles. The smallest absolute Gasteiger partial charge is 0.252 e. The molecule has 26 heavy (non-hydrogen) atoms. The van der Waals surface area contributed by atoms with Crippen LogP contribution in [0.2, 0.25) is 0 Å². The van der Waals surface area contributed by atoms with Gasteiger partial charge in [-0.05, 0) is 25.3 Å². The third-order valence-corrected chi connectivity index (χ3v) is 4.44. The average Bonchev–Trinajstić information content (AvgIpc) is 3.14. The van der Waals surface area contributed by atoms with Crippen LogP contribution in [-0.4, -0.2) is 57.6 Å². The van der Waals surface area contributed by atoms with Gasteiger partial charge in [0.05, 0.1) is 6.54 Å². The molecule has 2 aromatic rings. The van der Waals surface area contributed by atoms with Crippen molar-refractivity contribution in [2.45, 2.75) is 31.9 Å².